The van der Waals surface area contributed by atoms with Crippen LogP contribution in [0.2, 0.25) is 0 Å². The zero-order valence-corrected chi connectivity index (χ0v) is 29.6. The molecule has 14 heteroatoms. The summed E-state index contributed by atoms with van der Waals surface area (Å²) in [5.74, 6) is -3.05. The predicted molar refractivity (Wildman–Crippen MR) is 185 cm³/mol. The van der Waals surface area contributed by atoms with Crippen molar-refractivity contribution < 1.29 is 37.8 Å². The minimum absolute atomic E-state index is 0.0932. The van der Waals surface area contributed by atoms with Gasteiger partial charge in [-0.3, -0.25) is 14.4 Å². The van der Waals surface area contributed by atoms with Crippen molar-refractivity contribution >= 4 is 47.1 Å². The van der Waals surface area contributed by atoms with Gasteiger partial charge in [0.15, 0.2) is 0 Å². The number of nitrogens with zero attached hydrogens (tertiary/aromatic N) is 1. The molecule has 0 saturated heterocycles. The molecule has 0 aliphatic carbocycles. The largest absolute Gasteiger partial charge is 0.467 e. The van der Waals surface area contributed by atoms with Crippen molar-refractivity contribution in [2.75, 3.05) is 45.2 Å². The number of hydrogen-bond donors (Lipinski definition) is 5. The molecule has 5 N–H and O–H groups in total. The molecule has 0 unspecified atom stereocenters. The Labute approximate surface area is 286 Å². The first-order valence-electron chi connectivity index (χ1n) is 16.5. The van der Waals surface area contributed by atoms with Gasteiger partial charge in [-0.1, -0.05) is 13.8 Å². The standard InChI is InChI=1S/C35H49FN6O7/c1-9-42(10-2)16-15-37-32(45)28-20(3)27(39-21(28)4)19-24-23-17-22(36)18-25(29(23)41-30(24)43)31(44)40-26(33(46)48-8)13-11-12-14-38-34(47)49-35(5,6)7/h17-19,26,39H,9-16H2,1-8H3,(H,37,45)(H,38,47)(H,40,44)(H,41,43)/b24-19-/t26-/m0/s1. The minimum Gasteiger partial charge on any atom is -0.467 e. The smallest absolute Gasteiger partial charge is 0.407 e. The number of amides is 4. The number of ether oxygens (including phenoxy) is 2. The first kappa shape index (κ1) is 38.7. The molecule has 0 saturated carbocycles. The lowest BCUT2D eigenvalue weighted by Crippen LogP contribution is -2.42. The summed E-state index contributed by atoms with van der Waals surface area (Å²) < 4.78 is 25.0. The lowest BCUT2D eigenvalue weighted by Gasteiger charge is -2.20. The van der Waals surface area contributed by atoms with E-state index in [4.69, 9.17) is 9.47 Å². The maximum absolute atomic E-state index is 15.0. The molecule has 268 valence electrons. The second-order valence-electron chi connectivity index (χ2n) is 12.8. The van der Waals surface area contributed by atoms with E-state index in [-0.39, 0.29) is 41.3 Å². The molecule has 4 amide bonds. The van der Waals surface area contributed by atoms with Crippen LogP contribution >= 0.6 is 0 Å². The summed E-state index contributed by atoms with van der Waals surface area (Å²) in [6.07, 6.45) is 2.07. The molecule has 1 aromatic carbocycles. The Bertz CT molecular complexity index is 1590. The molecule has 1 aromatic heterocycles. The second kappa shape index (κ2) is 17.1. The fraction of sp³-hybridized carbons (Fsp3) is 0.514. The van der Waals surface area contributed by atoms with Gasteiger partial charge in [0, 0.05) is 36.6 Å². The highest BCUT2D eigenvalue weighted by Crippen LogP contribution is 2.37. The van der Waals surface area contributed by atoms with Crippen LogP contribution in [-0.4, -0.2) is 91.1 Å². The van der Waals surface area contributed by atoms with Gasteiger partial charge in [0.2, 0.25) is 0 Å². The van der Waals surface area contributed by atoms with Gasteiger partial charge in [-0.15, -0.1) is 0 Å². The maximum atomic E-state index is 15.0. The molecule has 13 nitrogen and oxygen atoms in total. The average molecular weight is 685 g/mol. The van der Waals surface area contributed by atoms with Gasteiger partial charge in [0.05, 0.1) is 29.5 Å². The first-order valence-corrected chi connectivity index (χ1v) is 16.5. The lowest BCUT2D eigenvalue weighted by molar-refractivity contribution is -0.143. The first-order chi connectivity index (χ1) is 23.1. The van der Waals surface area contributed by atoms with Gasteiger partial charge < -0.3 is 40.6 Å². The lowest BCUT2D eigenvalue weighted by atomic mass is 10.0. The highest BCUT2D eigenvalue weighted by atomic mass is 19.1. The number of rotatable bonds is 15. The number of halogens is 1. The SMILES string of the molecule is CCN(CC)CCNC(=O)c1c(C)[nH]c(/C=C2\C(=O)Nc3c(C(=O)N[C@@H](CCCCNC(=O)OC(C)(C)C)C(=O)OC)cc(F)cc32)c1C. The van der Waals surface area contributed by atoms with Crippen molar-refractivity contribution in [2.45, 2.75) is 79.4 Å². The molecule has 2 aromatic rings. The molecule has 0 radical (unpaired) electrons. The highest BCUT2D eigenvalue weighted by molar-refractivity contribution is 6.36. The number of methoxy groups -OCH3 is 1. The molecule has 49 heavy (non-hydrogen) atoms. The quantitative estimate of drug-likeness (QED) is 0.105. The summed E-state index contributed by atoms with van der Waals surface area (Å²) in [4.78, 5) is 69.4. The van der Waals surface area contributed by atoms with Crippen LogP contribution in [0.4, 0.5) is 14.9 Å². The molecule has 1 aliphatic rings. The Morgan fingerprint density at radius 3 is 2.35 bits per heavy atom. The number of alkyl carbamates (subject to hydrolysis) is 1. The predicted octanol–water partition coefficient (Wildman–Crippen LogP) is 4.30. The number of aromatic amines is 1. The number of benzene rings is 1. The number of aryl methyl sites for hydroxylation is 1. The van der Waals surface area contributed by atoms with Gasteiger partial charge >= 0.3 is 12.1 Å². The van der Waals surface area contributed by atoms with Crippen LogP contribution in [0.3, 0.4) is 0 Å². The van der Waals surface area contributed by atoms with E-state index in [0.29, 0.717) is 48.4 Å². The van der Waals surface area contributed by atoms with Crippen LogP contribution < -0.4 is 21.3 Å². The van der Waals surface area contributed by atoms with E-state index in [1.165, 1.54) is 13.2 Å². The molecular formula is C35H49FN6O7. The summed E-state index contributed by atoms with van der Waals surface area (Å²) in [6.45, 7) is 16.1. The number of esters is 1. The zero-order chi connectivity index (χ0) is 36.5. The third-order valence-corrected chi connectivity index (χ3v) is 8.10. The summed E-state index contributed by atoms with van der Waals surface area (Å²) in [5, 5.41) is 10.8. The molecule has 3 rings (SSSR count). The van der Waals surface area contributed by atoms with Crippen molar-refractivity contribution in [1.29, 1.82) is 0 Å². The van der Waals surface area contributed by atoms with Crippen molar-refractivity contribution in [1.82, 2.24) is 25.8 Å². The summed E-state index contributed by atoms with van der Waals surface area (Å²) in [6, 6.07) is 1.07. The highest BCUT2D eigenvalue weighted by Gasteiger charge is 2.32. The third-order valence-electron chi connectivity index (χ3n) is 8.10. The van der Waals surface area contributed by atoms with Gasteiger partial charge in [-0.25, -0.2) is 14.0 Å². The van der Waals surface area contributed by atoms with Crippen LogP contribution in [0.25, 0.3) is 11.6 Å². The van der Waals surface area contributed by atoms with Crippen molar-refractivity contribution in [3.05, 3.63) is 51.6 Å². The molecule has 0 fully saturated rings. The normalized spacial score (nSPS) is 13.9. The zero-order valence-electron chi connectivity index (χ0n) is 29.6. The Hall–Kier alpha value is -4.72. The number of anilines is 1. The second-order valence-corrected chi connectivity index (χ2v) is 12.8. The average Bonchev–Trinajstić information content (AvgIpc) is 3.49. The summed E-state index contributed by atoms with van der Waals surface area (Å²) >= 11 is 0. The monoisotopic (exact) mass is 684 g/mol. The molecule has 1 atom stereocenters. The van der Waals surface area contributed by atoms with Crippen LogP contribution in [0.15, 0.2) is 12.1 Å². The number of unbranched alkanes of at least 4 members (excludes halogenated alkanes) is 1. The number of fused-ring (bicyclic) bond motifs is 1. The fourth-order valence-corrected chi connectivity index (χ4v) is 5.54. The van der Waals surface area contributed by atoms with Crippen molar-refractivity contribution in [3.8, 4) is 0 Å². The Morgan fingerprint density at radius 2 is 1.71 bits per heavy atom. The maximum Gasteiger partial charge on any atom is 0.407 e. The molecule has 2 heterocycles. The number of likely N-dealkylation sites (N-methyl/N-ethyl adjacent to an activating group) is 1. The van der Waals surface area contributed by atoms with E-state index in [9.17, 15) is 28.4 Å². The third kappa shape index (κ3) is 10.4. The number of hydrogen-bond acceptors (Lipinski definition) is 8. The molecule has 0 bridgehead atoms. The molecule has 0 spiro atoms. The van der Waals surface area contributed by atoms with Gasteiger partial charge in [-0.05, 0) is 90.7 Å². The topological polar surface area (TPSA) is 171 Å². The van der Waals surface area contributed by atoms with Crippen LogP contribution in [0, 0.1) is 19.7 Å². The Kier molecular flexibility index (Phi) is 13.5. The van der Waals surface area contributed by atoms with E-state index in [1.54, 1.807) is 34.6 Å². The van der Waals surface area contributed by atoms with Crippen molar-refractivity contribution in [2.24, 2.45) is 0 Å². The van der Waals surface area contributed by atoms with Crippen LogP contribution in [0.1, 0.15) is 97.1 Å². The Balaban J connectivity index is 1.77. The van der Waals surface area contributed by atoms with Gasteiger partial charge in [0.1, 0.15) is 17.5 Å². The van der Waals surface area contributed by atoms with E-state index < -0.39 is 41.3 Å². The number of aromatic nitrogens is 1. The van der Waals surface area contributed by atoms with E-state index in [1.807, 2.05) is 0 Å². The number of carbonyl (C=O) groups is 5. The molecule has 1 aliphatic heterocycles. The van der Waals surface area contributed by atoms with Gasteiger partial charge in [-0.2, -0.15) is 0 Å². The minimum atomic E-state index is -1.06. The van der Waals surface area contributed by atoms with E-state index in [0.717, 1.165) is 25.2 Å². The number of nitrogens with one attached hydrogen (secondary N) is 5. The van der Waals surface area contributed by atoms with Crippen LogP contribution in [0.5, 0.6) is 0 Å². The number of H-pyrrole nitrogens is 1. The van der Waals surface area contributed by atoms with E-state index in [2.05, 4.69) is 45.0 Å². The summed E-state index contributed by atoms with van der Waals surface area (Å²) in [5.41, 5.74) is 1.73. The summed E-state index contributed by atoms with van der Waals surface area (Å²) in [7, 11) is 1.19. The molecular weight excluding hydrogens is 635 g/mol. The fourth-order valence-electron chi connectivity index (χ4n) is 5.54. The Morgan fingerprint density at radius 1 is 1.02 bits per heavy atom. The van der Waals surface area contributed by atoms with Gasteiger partial charge in [0.25, 0.3) is 17.7 Å². The van der Waals surface area contributed by atoms with Crippen molar-refractivity contribution in [3.63, 3.8) is 0 Å². The van der Waals surface area contributed by atoms with Crippen LogP contribution in [-0.2, 0) is 19.1 Å². The van der Waals surface area contributed by atoms with E-state index >= 15 is 0 Å². The number of carbonyl (C=O) groups excluding carboxylic acids is 5.